The summed E-state index contributed by atoms with van der Waals surface area (Å²) in [5.41, 5.74) is -0.759. The number of rotatable bonds is 6. The summed E-state index contributed by atoms with van der Waals surface area (Å²) in [4.78, 5) is 23.7. The molecule has 3 rings (SSSR count). The van der Waals surface area contributed by atoms with E-state index >= 15 is 0 Å². The van der Waals surface area contributed by atoms with E-state index in [1.807, 2.05) is 6.07 Å². The molecule has 2 heterocycles. The average Bonchev–Trinajstić information content (AvgIpc) is 3.16. The first kappa shape index (κ1) is 18.8. The highest BCUT2D eigenvalue weighted by atomic mass is 32.2. The van der Waals surface area contributed by atoms with Gasteiger partial charge < -0.3 is 4.57 Å². The van der Waals surface area contributed by atoms with Crippen molar-refractivity contribution >= 4 is 10.0 Å². The molecular formula is C17H19N5O4S. The Morgan fingerprint density at radius 1 is 1.11 bits per heavy atom. The highest BCUT2D eigenvalue weighted by molar-refractivity contribution is 7.89. The quantitative estimate of drug-likeness (QED) is 0.638. The summed E-state index contributed by atoms with van der Waals surface area (Å²) in [6, 6.07) is 10.1. The fraction of sp³-hybridized carbons (Fsp3) is 0.235. The van der Waals surface area contributed by atoms with Crippen LogP contribution in [0.4, 0.5) is 0 Å². The molecule has 1 unspecified atom stereocenters. The van der Waals surface area contributed by atoms with Crippen molar-refractivity contribution < 1.29 is 8.42 Å². The minimum absolute atomic E-state index is 0.238. The van der Waals surface area contributed by atoms with Crippen molar-refractivity contribution in [2.24, 2.45) is 14.1 Å². The lowest BCUT2D eigenvalue weighted by molar-refractivity contribution is 0.481. The van der Waals surface area contributed by atoms with Crippen molar-refractivity contribution in [2.75, 3.05) is 0 Å². The van der Waals surface area contributed by atoms with Gasteiger partial charge in [0.15, 0.2) is 4.90 Å². The molecule has 3 aromatic rings. The summed E-state index contributed by atoms with van der Waals surface area (Å²) in [7, 11) is -1.56. The van der Waals surface area contributed by atoms with Crippen molar-refractivity contribution in [3.8, 4) is 0 Å². The molecule has 0 spiro atoms. The van der Waals surface area contributed by atoms with Gasteiger partial charge in [0, 0.05) is 32.7 Å². The van der Waals surface area contributed by atoms with Crippen molar-refractivity contribution in [3.05, 3.63) is 81.4 Å². The molecule has 0 amide bonds. The third kappa shape index (κ3) is 3.91. The molecule has 0 bridgehead atoms. The van der Waals surface area contributed by atoms with Gasteiger partial charge in [0.1, 0.15) is 0 Å². The number of aromatic nitrogens is 4. The zero-order chi connectivity index (χ0) is 19.6. The number of hydrogen-bond donors (Lipinski definition) is 1. The van der Waals surface area contributed by atoms with Crippen LogP contribution in [0.25, 0.3) is 0 Å². The Labute approximate surface area is 155 Å². The third-order valence-electron chi connectivity index (χ3n) is 4.13. The highest BCUT2D eigenvalue weighted by Gasteiger charge is 2.26. The van der Waals surface area contributed by atoms with E-state index in [1.165, 1.54) is 14.1 Å². The van der Waals surface area contributed by atoms with Crippen LogP contribution in [0.5, 0.6) is 0 Å². The molecule has 0 radical (unpaired) electrons. The van der Waals surface area contributed by atoms with Gasteiger partial charge in [-0.25, -0.2) is 17.9 Å². The van der Waals surface area contributed by atoms with Crippen LogP contribution in [0.1, 0.15) is 11.6 Å². The van der Waals surface area contributed by atoms with Crippen LogP contribution >= 0.6 is 0 Å². The van der Waals surface area contributed by atoms with Crippen LogP contribution in [-0.4, -0.2) is 27.3 Å². The summed E-state index contributed by atoms with van der Waals surface area (Å²) >= 11 is 0. The van der Waals surface area contributed by atoms with Crippen molar-refractivity contribution in [3.63, 3.8) is 0 Å². The maximum absolute atomic E-state index is 12.9. The standard InChI is InChI=1S/C17H19N5O4S/c1-20-12-15(16(23)21(2)17(20)24)27(25,26)19-14(11-22-10-6-9-18-22)13-7-4-3-5-8-13/h3-10,12,14,19H,11H2,1-2H3. The van der Waals surface area contributed by atoms with Crippen molar-refractivity contribution in [1.82, 2.24) is 23.6 Å². The van der Waals surface area contributed by atoms with Gasteiger partial charge in [0.2, 0.25) is 10.0 Å². The van der Waals surface area contributed by atoms with Gasteiger partial charge >= 0.3 is 5.69 Å². The minimum atomic E-state index is -4.19. The summed E-state index contributed by atoms with van der Waals surface area (Å²) in [5, 5.41) is 4.11. The lowest BCUT2D eigenvalue weighted by Gasteiger charge is -2.19. The molecule has 1 N–H and O–H groups in total. The molecule has 0 saturated carbocycles. The van der Waals surface area contributed by atoms with Gasteiger partial charge in [0.05, 0.1) is 12.6 Å². The zero-order valence-electron chi connectivity index (χ0n) is 14.8. The van der Waals surface area contributed by atoms with E-state index in [9.17, 15) is 18.0 Å². The molecule has 9 nitrogen and oxygen atoms in total. The first-order valence-electron chi connectivity index (χ1n) is 8.11. The molecule has 1 aromatic carbocycles. The van der Waals surface area contributed by atoms with Crippen LogP contribution in [0.2, 0.25) is 0 Å². The lowest BCUT2D eigenvalue weighted by Crippen LogP contribution is -2.42. The molecule has 0 aliphatic heterocycles. The average molecular weight is 389 g/mol. The Bertz CT molecular complexity index is 1150. The molecule has 0 fully saturated rings. The Balaban J connectivity index is 2.03. The number of sulfonamides is 1. The van der Waals surface area contributed by atoms with E-state index in [1.54, 1.807) is 47.4 Å². The maximum atomic E-state index is 12.9. The molecule has 0 aliphatic carbocycles. The van der Waals surface area contributed by atoms with Crippen LogP contribution in [-0.2, 0) is 30.7 Å². The van der Waals surface area contributed by atoms with Gasteiger partial charge in [-0.15, -0.1) is 0 Å². The maximum Gasteiger partial charge on any atom is 0.330 e. The number of nitrogens with zero attached hydrogens (tertiary/aromatic N) is 4. The molecule has 2 aromatic heterocycles. The summed E-state index contributed by atoms with van der Waals surface area (Å²) in [6.07, 6.45) is 4.34. The van der Waals surface area contributed by atoms with Crippen LogP contribution < -0.4 is 16.0 Å². The monoisotopic (exact) mass is 389 g/mol. The third-order valence-corrected chi connectivity index (χ3v) is 5.59. The van der Waals surface area contributed by atoms with Crippen molar-refractivity contribution in [2.45, 2.75) is 17.5 Å². The summed E-state index contributed by atoms with van der Waals surface area (Å²) < 4.78 is 31.8. The largest absolute Gasteiger partial charge is 0.330 e. The van der Waals surface area contributed by atoms with Gasteiger partial charge in [-0.1, -0.05) is 30.3 Å². The fourth-order valence-electron chi connectivity index (χ4n) is 2.70. The van der Waals surface area contributed by atoms with Gasteiger partial charge in [0.25, 0.3) is 5.56 Å². The predicted molar refractivity (Wildman–Crippen MR) is 98.7 cm³/mol. The van der Waals surface area contributed by atoms with Gasteiger partial charge in [-0.2, -0.15) is 5.10 Å². The Morgan fingerprint density at radius 2 is 1.81 bits per heavy atom. The fourth-order valence-corrected chi connectivity index (χ4v) is 4.08. The number of aryl methyl sites for hydroxylation is 1. The molecule has 27 heavy (non-hydrogen) atoms. The van der Waals surface area contributed by atoms with E-state index in [4.69, 9.17) is 0 Å². The predicted octanol–water partition coefficient (Wildman–Crippen LogP) is 0.000300. The molecule has 1 atom stereocenters. The molecule has 142 valence electrons. The topological polar surface area (TPSA) is 108 Å². The first-order chi connectivity index (χ1) is 12.8. The summed E-state index contributed by atoms with van der Waals surface area (Å²) in [5.74, 6) is 0. The normalized spacial score (nSPS) is 12.8. The second-order valence-corrected chi connectivity index (χ2v) is 7.75. The Kier molecular flexibility index (Phi) is 5.10. The molecule has 10 heteroatoms. The highest BCUT2D eigenvalue weighted by Crippen LogP contribution is 2.17. The second kappa shape index (κ2) is 7.33. The van der Waals surface area contributed by atoms with E-state index in [0.717, 1.165) is 20.9 Å². The van der Waals surface area contributed by atoms with Crippen LogP contribution in [0.3, 0.4) is 0 Å². The number of nitrogens with one attached hydrogen (secondary N) is 1. The smallest absolute Gasteiger partial charge is 0.302 e. The minimum Gasteiger partial charge on any atom is -0.302 e. The second-order valence-electron chi connectivity index (χ2n) is 6.06. The molecule has 0 aliphatic rings. The van der Waals surface area contributed by atoms with Crippen molar-refractivity contribution in [1.29, 1.82) is 0 Å². The Morgan fingerprint density at radius 3 is 2.44 bits per heavy atom. The SMILES string of the molecule is Cn1cc(S(=O)(=O)NC(Cn2cccn2)c2ccccc2)c(=O)n(C)c1=O. The van der Waals surface area contributed by atoms with Crippen LogP contribution in [0.15, 0.2) is 69.5 Å². The van der Waals surface area contributed by atoms with Gasteiger partial charge in [-0.3, -0.25) is 14.0 Å². The molecular weight excluding hydrogens is 370 g/mol. The first-order valence-corrected chi connectivity index (χ1v) is 9.59. The lowest BCUT2D eigenvalue weighted by atomic mass is 10.1. The van der Waals surface area contributed by atoms with Gasteiger partial charge in [-0.05, 0) is 11.6 Å². The van der Waals surface area contributed by atoms with E-state index in [2.05, 4.69) is 9.82 Å². The van der Waals surface area contributed by atoms with E-state index < -0.39 is 32.2 Å². The van der Waals surface area contributed by atoms with E-state index in [-0.39, 0.29) is 6.54 Å². The number of hydrogen-bond acceptors (Lipinski definition) is 5. The number of benzene rings is 1. The Hall–Kier alpha value is -2.98. The summed E-state index contributed by atoms with van der Waals surface area (Å²) in [6.45, 7) is 0.238. The molecule has 0 saturated heterocycles. The van der Waals surface area contributed by atoms with Crippen LogP contribution in [0, 0.1) is 0 Å². The van der Waals surface area contributed by atoms with E-state index in [0.29, 0.717) is 0 Å². The zero-order valence-corrected chi connectivity index (χ0v) is 15.6.